The maximum Gasteiger partial charge on any atom is 0.0991 e. The number of benzene rings is 1. The van der Waals surface area contributed by atoms with Gasteiger partial charge in [-0.15, -0.1) is 0 Å². The summed E-state index contributed by atoms with van der Waals surface area (Å²) in [6, 6.07) is 10.5. The van der Waals surface area contributed by atoms with Crippen LogP contribution in [0.2, 0.25) is 0 Å². The molecule has 18 heavy (non-hydrogen) atoms. The smallest absolute Gasteiger partial charge is 0.0991 e. The van der Waals surface area contributed by atoms with Crippen LogP contribution in [0.4, 0.5) is 0 Å². The summed E-state index contributed by atoms with van der Waals surface area (Å²) in [4.78, 5) is 2.35. The van der Waals surface area contributed by atoms with E-state index in [4.69, 9.17) is 5.26 Å². The molecule has 0 aromatic heterocycles. The first-order valence-electron chi connectivity index (χ1n) is 6.67. The topological polar surface area (TPSA) is 47.3 Å². The molecule has 3 heteroatoms. The molecular formula is C15H20N2O. The van der Waals surface area contributed by atoms with Crippen LogP contribution in [0.5, 0.6) is 0 Å². The molecule has 1 saturated carbocycles. The van der Waals surface area contributed by atoms with Gasteiger partial charge in [0.25, 0.3) is 0 Å². The molecule has 0 bridgehead atoms. The molecule has 2 rings (SSSR count). The minimum Gasteiger partial charge on any atom is -0.395 e. The molecule has 0 spiro atoms. The Labute approximate surface area is 109 Å². The Morgan fingerprint density at radius 3 is 2.78 bits per heavy atom. The largest absolute Gasteiger partial charge is 0.395 e. The Morgan fingerprint density at radius 1 is 1.33 bits per heavy atom. The summed E-state index contributed by atoms with van der Waals surface area (Å²) in [6.45, 7) is 1.76. The van der Waals surface area contributed by atoms with E-state index in [1.54, 1.807) is 0 Å². The zero-order valence-electron chi connectivity index (χ0n) is 10.7. The molecule has 0 radical (unpaired) electrons. The standard InChI is InChI=1S/C15H20N2O/c16-11-13-4-3-5-14(10-13)12-17(8-9-18)15-6-1-2-7-15/h3-5,10,15,18H,1-2,6-9,12H2. The molecular weight excluding hydrogens is 224 g/mol. The zero-order chi connectivity index (χ0) is 12.8. The van der Waals surface area contributed by atoms with Gasteiger partial charge in [-0.25, -0.2) is 0 Å². The molecule has 0 amide bonds. The van der Waals surface area contributed by atoms with Crippen molar-refractivity contribution in [1.29, 1.82) is 5.26 Å². The first kappa shape index (κ1) is 13.1. The number of hydrogen-bond acceptors (Lipinski definition) is 3. The number of nitrogens with zero attached hydrogens (tertiary/aromatic N) is 2. The maximum absolute atomic E-state index is 9.18. The lowest BCUT2D eigenvalue weighted by Gasteiger charge is -2.28. The Balaban J connectivity index is 2.05. The highest BCUT2D eigenvalue weighted by Crippen LogP contribution is 2.24. The van der Waals surface area contributed by atoms with Gasteiger partial charge in [0.15, 0.2) is 0 Å². The van der Waals surface area contributed by atoms with Crippen molar-refractivity contribution in [3.63, 3.8) is 0 Å². The van der Waals surface area contributed by atoms with Crippen molar-refractivity contribution in [3.8, 4) is 6.07 Å². The predicted octanol–water partition coefficient (Wildman–Crippen LogP) is 2.30. The molecule has 1 fully saturated rings. The highest BCUT2D eigenvalue weighted by Gasteiger charge is 2.22. The van der Waals surface area contributed by atoms with Crippen molar-refractivity contribution < 1.29 is 5.11 Å². The normalized spacial score (nSPS) is 16.1. The van der Waals surface area contributed by atoms with Gasteiger partial charge in [-0.1, -0.05) is 25.0 Å². The van der Waals surface area contributed by atoms with Gasteiger partial charge in [0.2, 0.25) is 0 Å². The average molecular weight is 244 g/mol. The van der Waals surface area contributed by atoms with E-state index < -0.39 is 0 Å². The van der Waals surface area contributed by atoms with Crippen LogP contribution in [0, 0.1) is 11.3 Å². The molecule has 1 N–H and O–H groups in total. The van der Waals surface area contributed by atoms with E-state index in [0.717, 1.165) is 18.7 Å². The fraction of sp³-hybridized carbons (Fsp3) is 0.533. The predicted molar refractivity (Wildman–Crippen MR) is 70.9 cm³/mol. The van der Waals surface area contributed by atoms with Gasteiger partial charge in [0.05, 0.1) is 18.2 Å². The summed E-state index contributed by atoms with van der Waals surface area (Å²) in [5.74, 6) is 0. The maximum atomic E-state index is 9.18. The summed E-state index contributed by atoms with van der Waals surface area (Å²) in [6.07, 6.45) is 5.06. The Kier molecular flexibility index (Phi) is 4.74. The zero-order valence-corrected chi connectivity index (χ0v) is 10.7. The third-order valence-electron chi connectivity index (χ3n) is 3.67. The van der Waals surface area contributed by atoms with Gasteiger partial charge in [-0.05, 0) is 30.5 Å². The van der Waals surface area contributed by atoms with Crippen molar-refractivity contribution in [2.24, 2.45) is 0 Å². The number of aliphatic hydroxyl groups excluding tert-OH is 1. The molecule has 1 aromatic carbocycles. The van der Waals surface area contributed by atoms with Crippen molar-refractivity contribution in [3.05, 3.63) is 35.4 Å². The summed E-state index contributed by atoms with van der Waals surface area (Å²) < 4.78 is 0. The summed E-state index contributed by atoms with van der Waals surface area (Å²) in [5.41, 5.74) is 1.87. The molecule has 0 heterocycles. The quantitative estimate of drug-likeness (QED) is 0.864. The lowest BCUT2D eigenvalue weighted by atomic mass is 10.1. The number of rotatable bonds is 5. The minimum atomic E-state index is 0.203. The lowest BCUT2D eigenvalue weighted by molar-refractivity contribution is 0.145. The van der Waals surface area contributed by atoms with Crippen molar-refractivity contribution in [1.82, 2.24) is 4.90 Å². The van der Waals surface area contributed by atoms with Crippen LogP contribution in [0.1, 0.15) is 36.8 Å². The van der Waals surface area contributed by atoms with E-state index in [9.17, 15) is 5.11 Å². The van der Waals surface area contributed by atoms with E-state index >= 15 is 0 Å². The van der Waals surface area contributed by atoms with Gasteiger partial charge < -0.3 is 5.11 Å². The number of nitriles is 1. The molecule has 3 nitrogen and oxygen atoms in total. The van der Waals surface area contributed by atoms with Crippen LogP contribution in [-0.4, -0.2) is 29.2 Å². The summed E-state index contributed by atoms with van der Waals surface area (Å²) in [7, 11) is 0. The molecule has 1 aliphatic carbocycles. The molecule has 0 atom stereocenters. The van der Waals surface area contributed by atoms with E-state index in [-0.39, 0.29) is 6.61 Å². The first-order valence-corrected chi connectivity index (χ1v) is 6.67. The van der Waals surface area contributed by atoms with Crippen LogP contribution in [0.25, 0.3) is 0 Å². The van der Waals surface area contributed by atoms with Gasteiger partial charge in [0.1, 0.15) is 0 Å². The first-order chi connectivity index (χ1) is 8.83. The molecule has 0 saturated heterocycles. The Hall–Kier alpha value is -1.37. The van der Waals surface area contributed by atoms with Crippen LogP contribution in [0.15, 0.2) is 24.3 Å². The second kappa shape index (κ2) is 6.53. The average Bonchev–Trinajstić information content (AvgIpc) is 2.92. The molecule has 1 aliphatic rings. The molecule has 96 valence electrons. The third kappa shape index (κ3) is 3.32. The molecule has 0 unspecified atom stereocenters. The third-order valence-corrected chi connectivity index (χ3v) is 3.67. The van der Waals surface area contributed by atoms with Gasteiger partial charge in [0, 0.05) is 19.1 Å². The molecule has 0 aliphatic heterocycles. The highest BCUT2D eigenvalue weighted by molar-refractivity contribution is 5.32. The second-order valence-corrected chi connectivity index (χ2v) is 4.94. The van der Waals surface area contributed by atoms with Crippen molar-refractivity contribution >= 4 is 0 Å². The van der Waals surface area contributed by atoms with Gasteiger partial charge >= 0.3 is 0 Å². The van der Waals surface area contributed by atoms with Crippen molar-refractivity contribution in [2.45, 2.75) is 38.3 Å². The Bertz CT molecular complexity index is 419. The van der Waals surface area contributed by atoms with Crippen LogP contribution in [0.3, 0.4) is 0 Å². The van der Waals surface area contributed by atoms with E-state index in [0.29, 0.717) is 11.6 Å². The van der Waals surface area contributed by atoms with E-state index in [1.165, 1.54) is 25.7 Å². The fourth-order valence-electron chi connectivity index (χ4n) is 2.76. The van der Waals surface area contributed by atoms with Gasteiger partial charge in [-0.3, -0.25) is 4.90 Å². The molecule has 1 aromatic rings. The fourth-order valence-corrected chi connectivity index (χ4v) is 2.76. The van der Waals surface area contributed by atoms with E-state index in [1.807, 2.05) is 18.2 Å². The number of aliphatic hydroxyl groups is 1. The Morgan fingerprint density at radius 2 is 2.11 bits per heavy atom. The number of hydrogen-bond donors (Lipinski definition) is 1. The van der Waals surface area contributed by atoms with Crippen LogP contribution < -0.4 is 0 Å². The monoisotopic (exact) mass is 244 g/mol. The van der Waals surface area contributed by atoms with Gasteiger partial charge in [-0.2, -0.15) is 5.26 Å². The minimum absolute atomic E-state index is 0.203. The SMILES string of the molecule is N#Cc1cccc(CN(CCO)C2CCCC2)c1. The second-order valence-electron chi connectivity index (χ2n) is 4.94. The van der Waals surface area contributed by atoms with Crippen LogP contribution in [-0.2, 0) is 6.54 Å². The highest BCUT2D eigenvalue weighted by atomic mass is 16.3. The lowest BCUT2D eigenvalue weighted by Crippen LogP contribution is -2.35. The van der Waals surface area contributed by atoms with Crippen LogP contribution >= 0.6 is 0 Å². The summed E-state index contributed by atoms with van der Waals surface area (Å²) in [5, 5.41) is 18.1. The summed E-state index contributed by atoms with van der Waals surface area (Å²) >= 11 is 0. The van der Waals surface area contributed by atoms with Crippen molar-refractivity contribution in [2.75, 3.05) is 13.2 Å². The van der Waals surface area contributed by atoms with E-state index in [2.05, 4.69) is 17.0 Å².